The van der Waals surface area contributed by atoms with Gasteiger partial charge in [-0.15, -0.1) is 0 Å². The van der Waals surface area contributed by atoms with Gasteiger partial charge in [0.15, 0.2) is 81.6 Å². The largest absolute Gasteiger partial charge is 0.479 e. The highest BCUT2D eigenvalue weighted by Gasteiger charge is 2.64. The van der Waals surface area contributed by atoms with Gasteiger partial charge in [-0.05, 0) is 6.92 Å². The molecule has 0 aromatic heterocycles. The molecule has 12 rings (SSSR count). The fraction of sp³-hybridized carbons (Fsp3) is 0.927. The molecule has 0 aromatic rings. The fourth-order valence-electron chi connectivity index (χ4n) is 19.1. The molecule has 37 N–H and O–H groups in total. The Hall–Kier alpha value is -5.34. The van der Waals surface area contributed by atoms with Crippen LogP contribution in [0.15, 0.2) is 0 Å². The van der Waals surface area contributed by atoms with Crippen molar-refractivity contribution >= 4 is 35.5 Å². The highest BCUT2D eigenvalue weighted by atomic mass is 16.8. The van der Waals surface area contributed by atoms with Gasteiger partial charge in [0.1, 0.15) is 280 Å². The number of hydrogen-bond acceptors (Lipinski definition) is 60. The molecule has 12 fully saturated rings. The number of carbonyl (C=O) groups is 6. The second kappa shape index (κ2) is 52.7. The second-order valence-electron chi connectivity index (χ2n) is 37.4. The Balaban J connectivity index is 0.919. The van der Waals surface area contributed by atoms with Gasteiger partial charge in [-0.2, -0.15) is 0 Å². The Morgan fingerprint density at radius 3 is 0.892 bits per heavy atom. The van der Waals surface area contributed by atoms with Gasteiger partial charge in [0.25, 0.3) is 0 Å². The number of amides is 5. The van der Waals surface area contributed by atoms with Crippen LogP contribution in [0.3, 0.4) is 0 Å². The minimum atomic E-state index is -2.81. The van der Waals surface area contributed by atoms with Crippen molar-refractivity contribution in [3.63, 3.8) is 0 Å². The molecule has 66 heteroatoms. The van der Waals surface area contributed by atoms with Crippen molar-refractivity contribution in [2.45, 2.75) is 410 Å². The van der Waals surface area contributed by atoms with Crippen LogP contribution in [0.4, 0.5) is 0 Å². The van der Waals surface area contributed by atoms with E-state index in [4.69, 9.17) is 109 Å². The van der Waals surface area contributed by atoms with Crippen LogP contribution in [0.2, 0.25) is 0 Å². The maximum Gasteiger partial charge on any atom is 0.335 e. The predicted octanol–water partition coefficient (Wildman–Crippen LogP) is -25.3. The lowest BCUT2D eigenvalue weighted by molar-refractivity contribution is -0.406. The summed E-state index contributed by atoms with van der Waals surface area (Å²) in [5.74, 6) is -6.97. The average Bonchev–Trinajstić information content (AvgIpc) is 0.750. The van der Waals surface area contributed by atoms with E-state index in [0.29, 0.717) is 0 Å². The fourth-order valence-corrected chi connectivity index (χ4v) is 19.1. The number of carboxylic acids is 1. The van der Waals surface area contributed by atoms with E-state index in [1.807, 2.05) is 0 Å². The van der Waals surface area contributed by atoms with Gasteiger partial charge >= 0.3 is 5.97 Å². The molecule has 0 saturated carbocycles. The Morgan fingerprint density at radius 2 is 0.473 bits per heavy atom. The van der Waals surface area contributed by atoms with Crippen molar-refractivity contribution in [2.75, 3.05) is 66.1 Å². The van der Waals surface area contributed by atoms with Crippen LogP contribution in [-0.4, -0.2) is 633 Å². The van der Waals surface area contributed by atoms with Crippen molar-refractivity contribution in [2.24, 2.45) is 0 Å². The van der Waals surface area contributed by atoms with E-state index in [2.05, 4.69) is 26.6 Å². The molecule has 0 spiro atoms. The van der Waals surface area contributed by atoms with Gasteiger partial charge in [-0.25, -0.2) is 4.79 Å². The number of aliphatic hydroxyl groups excluding tert-OH is 31. The first-order valence-electron chi connectivity index (χ1n) is 47.0. The number of rotatable bonds is 38. The molecule has 60 atom stereocenters. The molecule has 5 amide bonds. The Labute approximate surface area is 836 Å². The van der Waals surface area contributed by atoms with Crippen LogP contribution >= 0.6 is 0 Å². The molecule has 12 saturated heterocycles. The summed E-state index contributed by atoms with van der Waals surface area (Å²) in [4.78, 5) is 77.7. The Bertz CT molecular complexity index is 4200. The lowest BCUT2D eigenvalue weighted by Gasteiger charge is -2.52. The quantitative estimate of drug-likeness (QED) is 0.0273. The molecule has 12 heterocycles. The first kappa shape index (κ1) is 121. The van der Waals surface area contributed by atoms with Crippen molar-refractivity contribution in [1.82, 2.24) is 26.6 Å². The Kier molecular flexibility index (Phi) is 43.2. The number of ether oxygens (including phenoxy) is 23. The van der Waals surface area contributed by atoms with Crippen molar-refractivity contribution < 1.29 is 301 Å². The van der Waals surface area contributed by atoms with Gasteiger partial charge < -0.3 is 299 Å². The topological polar surface area (TPSA) is 1020 Å². The molecule has 0 unspecified atom stereocenters. The summed E-state index contributed by atoms with van der Waals surface area (Å²) in [7, 11) is 0. The van der Waals surface area contributed by atoms with Gasteiger partial charge in [-0.1, -0.05) is 0 Å². The molecular weight excluding hydrogens is 2030 g/mol. The lowest BCUT2D eigenvalue weighted by atomic mass is 9.93. The van der Waals surface area contributed by atoms with Gasteiger partial charge in [0, 0.05) is 34.6 Å². The maximum atomic E-state index is 13.6. The average molecular weight is 2170 g/mol. The molecule has 66 nitrogen and oxygen atoms in total. The zero-order valence-corrected chi connectivity index (χ0v) is 79.4. The second-order valence-corrected chi connectivity index (χ2v) is 37.4. The summed E-state index contributed by atoms with van der Waals surface area (Å²) in [5, 5.41) is 374. The monoisotopic (exact) mass is 2170 g/mol. The molecule has 12 aliphatic rings. The van der Waals surface area contributed by atoms with Crippen LogP contribution < -0.4 is 26.6 Å². The summed E-state index contributed by atoms with van der Waals surface area (Å²) in [6.45, 7) is -6.42. The summed E-state index contributed by atoms with van der Waals surface area (Å²) >= 11 is 0. The van der Waals surface area contributed by atoms with Gasteiger partial charge in [0.05, 0.1) is 72.2 Å². The molecule has 0 aromatic carbocycles. The number of carboxylic acid groups (broad SMARTS) is 1. The summed E-state index contributed by atoms with van der Waals surface area (Å²) in [6.07, 6.45) is -122. The molecule has 0 radical (unpaired) electrons. The first-order chi connectivity index (χ1) is 69.9. The maximum absolute atomic E-state index is 13.6. The summed E-state index contributed by atoms with van der Waals surface area (Å²) in [6, 6.07) is -10.2. The standard InChI is InChI=1S/C82H135N5O61/c1-17-38(101)49(112)54(117)76(128-17)126-16-32-64(45(108)33(71(125)129-32)83-18(2)96)140-73-35(85-20(4)98)46(109)62(28(12-93)134-73)143-80-59(122)66(43(106)31(138-80)15-127-81-68(52(115)41(104)25(9-90)133-81)147-74-36(86-21(5)99)47(110)60(27(11-92)135-74)141-77-55(118)50(113)40(103)24(8-89)131-77)145-82-69(57(120)63(30(14-95)137-82)139-72-34(84-19(3)97)44(107)39(102)23(7-88)130-72)148-75-37(87-22(6)100)48(111)61(29(13-94)136-75)142-79-58(121)65(42(105)26(10-91)132-79)144-78-56(119)51(114)53(116)67(146-78)70(123)124/h17,23-69,71-82,88-95,101-122,125H,7-16H2,1-6H3,(H,83,96)(H,84,97)(H,85,98)(H,86,99)(H,87,100)(H,123,124)/t17-,23+,24+,25+,26+,27+,28+,29+,30+,31+,32+,33+,34+,35+,36+,37-,38+,39+,40-,41+,42-,43+,44+,45+,46+,47+,48+,49+,50-,51-,52-,53-,54-,55+,56+,57-,58+,59-,60+,61+,62+,63+,64+,65-,66-,67-,68-,69-,71+,72-,73-,74-,75-,76+,77-,78+,79-,80-,81-,82+/m0/s1. The first-order valence-corrected chi connectivity index (χ1v) is 47.0. The van der Waals surface area contributed by atoms with Crippen LogP contribution in [0, 0.1) is 0 Å². The minimum Gasteiger partial charge on any atom is -0.479 e. The van der Waals surface area contributed by atoms with Crippen molar-refractivity contribution in [3.05, 3.63) is 0 Å². The SMILES string of the molecule is CC(=O)N[C@@H]1[C@H](O[C@@H]2[C@@H](O[C@@H]3[C@H](O)[C@H](O[C@H]4[C@H](O)[C@@H](NC(C)=O)[C@H](O[C@H]5[C@H](O)[C@@H](NC(C)=O)[C@H](O)O[C@@H]5CO[C@@H]5O[C@@H](C)[C@@H](O)[C@@H](O)[C@@H]5O)O[C@@H]4CO)O[C@H](CO[C@H]4O[C@H](CO)[C@@H](O)[C@H](O)[C@@H]4O[C@@H]4O[C@H](CO)[C@@H](O[C@@H]5O[C@H](CO)[C@H](O)[C@H](O)[C@H]5O)[C@H](O)[C@H]4NC(C)=O)[C@H]3O)O[C@H](CO)[C@@H](O[C@@H]3O[C@H](CO)[C@@H](O)[C@H](O)[C@H]3NC(C)=O)[C@@H]2O)O[C@H](CO)[C@@H](O[C@@H]2O[C@H](CO)[C@H](O)[C@H](O[C@@H]3O[C@H](C(=O)O)[C@@H](O)[C@H](O)[C@H]3O)[C@H]2O)[C@@H]1O. The zero-order valence-electron chi connectivity index (χ0n) is 79.4. The lowest BCUT2D eigenvalue weighted by Crippen LogP contribution is -2.71. The molecule has 148 heavy (non-hydrogen) atoms. The van der Waals surface area contributed by atoms with E-state index in [0.717, 1.165) is 34.6 Å². The molecule has 854 valence electrons. The van der Waals surface area contributed by atoms with E-state index < -0.39 is 470 Å². The van der Waals surface area contributed by atoms with Crippen LogP contribution in [-0.2, 0) is 138 Å². The van der Waals surface area contributed by atoms with Gasteiger partial charge in [0.2, 0.25) is 29.5 Å². The molecular formula is C82H135N5O61. The van der Waals surface area contributed by atoms with Crippen molar-refractivity contribution in [1.29, 1.82) is 0 Å². The smallest absolute Gasteiger partial charge is 0.335 e. The van der Waals surface area contributed by atoms with E-state index in [-0.39, 0.29) is 0 Å². The number of carbonyl (C=O) groups excluding carboxylic acids is 5. The third-order valence-corrected chi connectivity index (χ3v) is 27.0. The molecule has 0 aliphatic carbocycles. The van der Waals surface area contributed by atoms with E-state index in [1.165, 1.54) is 6.92 Å². The van der Waals surface area contributed by atoms with E-state index >= 15 is 0 Å². The summed E-state index contributed by atoms with van der Waals surface area (Å²) in [5.41, 5.74) is 0. The number of nitrogens with one attached hydrogen (secondary N) is 5. The third-order valence-electron chi connectivity index (χ3n) is 27.0. The predicted molar refractivity (Wildman–Crippen MR) is 452 cm³/mol. The van der Waals surface area contributed by atoms with E-state index in [9.17, 15) is 192 Å². The minimum absolute atomic E-state index is 0.824. The zero-order chi connectivity index (χ0) is 109. The number of hydrogen-bond donors (Lipinski definition) is 37. The highest BCUT2D eigenvalue weighted by molar-refractivity contribution is 5.75. The highest BCUT2D eigenvalue weighted by Crippen LogP contribution is 2.43. The number of aliphatic hydroxyl groups is 31. The summed E-state index contributed by atoms with van der Waals surface area (Å²) < 4.78 is 138. The van der Waals surface area contributed by atoms with Crippen LogP contribution in [0.1, 0.15) is 41.5 Å². The van der Waals surface area contributed by atoms with Gasteiger partial charge in [-0.3, -0.25) is 24.0 Å². The normalized spacial score (nSPS) is 49.3. The third kappa shape index (κ3) is 26.7. The van der Waals surface area contributed by atoms with E-state index in [1.54, 1.807) is 0 Å². The van der Waals surface area contributed by atoms with Crippen LogP contribution in [0.25, 0.3) is 0 Å². The number of aliphatic carboxylic acids is 1. The Morgan fingerprint density at radius 1 is 0.209 bits per heavy atom. The molecule has 12 aliphatic heterocycles. The van der Waals surface area contributed by atoms with Crippen molar-refractivity contribution in [3.8, 4) is 0 Å². The van der Waals surface area contributed by atoms with Crippen LogP contribution in [0.5, 0.6) is 0 Å². The molecule has 0 bridgehead atoms.